The van der Waals surface area contributed by atoms with Gasteiger partial charge in [0.25, 0.3) is 0 Å². The van der Waals surface area contributed by atoms with E-state index in [2.05, 4.69) is 12.2 Å². The fourth-order valence-corrected chi connectivity index (χ4v) is 2.55. The van der Waals surface area contributed by atoms with Crippen LogP contribution >= 0.6 is 0 Å². The molecule has 2 fully saturated rings. The molecule has 0 saturated heterocycles. The van der Waals surface area contributed by atoms with Crippen molar-refractivity contribution in [3.05, 3.63) is 0 Å². The maximum Gasteiger partial charge on any atom is 0.319 e. The fraction of sp³-hybridized carbons (Fsp3) is 0.833. The Balaban J connectivity index is 1.90. The van der Waals surface area contributed by atoms with Crippen molar-refractivity contribution in [2.45, 2.75) is 51.5 Å². The third-order valence-corrected chi connectivity index (χ3v) is 3.87. The zero-order chi connectivity index (χ0) is 11.8. The van der Waals surface area contributed by atoms with Gasteiger partial charge in [-0.2, -0.15) is 0 Å². The molecule has 2 rings (SSSR count). The highest BCUT2D eigenvalue weighted by Crippen LogP contribution is 2.46. The number of carboxylic acids is 1. The van der Waals surface area contributed by atoms with Gasteiger partial charge in [-0.25, -0.2) is 0 Å². The first-order valence-corrected chi connectivity index (χ1v) is 6.09. The van der Waals surface area contributed by atoms with Crippen LogP contribution in [0.1, 0.15) is 45.4 Å². The number of carboxylic acid groups (broad SMARTS) is 1. The quantitative estimate of drug-likeness (QED) is 0.716. The number of rotatable bonds is 3. The van der Waals surface area contributed by atoms with E-state index in [-0.39, 0.29) is 11.9 Å². The Hall–Kier alpha value is -1.06. The van der Waals surface area contributed by atoms with E-state index in [0.717, 1.165) is 19.3 Å². The minimum Gasteiger partial charge on any atom is -0.480 e. The molecule has 16 heavy (non-hydrogen) atoms. The monoisotopic (exact) mass is 225 g/mol. The van der Waals surface area contributed by atoms with Crippen LogP contribution in [0.3, 0.4) is 0 Å². The van der Waals surface area contributed by atoms with Gasteiger partial charge in [0.1, 0.15) is 5.41 Å². The smallest absolute Gasteiger partial charge is 0.319 e. The molecule has 2 aliphatic rings. The van der Waals surface area contributed by atoms with Gasteiger partial charge in [-0.1, -0.05) is 19.8 Å². The van der Waals surface area contributed by atoms with Crippen molar-refractivity contribution >= 4 is 11.9 Å². The molecule has 0 spiro atoms. The molecule has 4 heteroatoms. The van der Waals surface area contributed by atoms with Crippen molar-refractivity contribution in [3.8, 4) is 0 Å². The highest BCUT2D eigenvalue weighted by atomic mass is 16.4. The number of carbonyl (C=O) groups excluding carboxylic acids is 1. The summed E-state index contributed by atoms with van der Waals surface area (Å²) in [7, 11) is 0. The lowest BCUT2D eigenvalue weighted by Crippen LogP contribution is -2.44. The maximum atomic E-state index is 11.9. The van der Waals surface area contributed by atoms with Crippen molar-refractivity contribution in [1.82, 2.24) is 5.32 Å². The van der Waals surface area contributed by atoms with Gasteiger partial charge in [0, 0.05) is 6.04 Å². The summed E-state index contributed by atoms with van der Waals surface area (Å²) < 4.78 is 0. The van der Waals surface area contributed by atoms with Crippen LogP contribution in [0, 0.1) is 11.3 Å². The normalized spacial score (nSPS) is 31.8. The molecule has 90 valence electrons. The van der Waals surface area contributed by atoms with Gasteiger partial charge in [0.2, 0.25) is 5.91 Å². The third-order valence-electron chi connectivity index (χ3n) is 3.87. The van der Waals surface area contributed by atoms with Crippen molar-refractivity contribution in [2.75, 3.05) is 0 Å². The summed E-state index contributed by atoms with van der Waals surface area (Å²) in [5.41, 5.74) is -1.08. The SMILES string of the molecule is CC1CCCC(NC(=O)C2(C(=O)O)CC2)C1. The average Bonchev–Trinajstić information content (AvgIpc) is 2.97. The molecule has 2 unspecified atom stereocenters. The number of amides is 1. The Bertz CT molecular complexity index is 309. The summed E-state index contributed by atoms with van der Waals surface area (Å²) in [6.07, 6.45) is 5.32. The van der Waals surface area contributed by atoms with Crippen LogP contribution in [-0.4, -0.2) is 23.0 Å². The van der Waals surface area contributed by atoms with Crippen molar-refractivity contribution in [3.63, 3.8) is 0 Å². The Morgan fingerprint density at radius 1 is 1.31 bits per heavy atom. The van der Waals surface area contributed by atoms with Crippen LogP contribution in [-0.2, 0) is 9.59 Å². The Morgan fingerprint density at radius 2 is 2.00 bits per heavy atom. The molecule has 2 atom stereocenters. The van der Waals surface area contributed by atoms with E-state index >= 15 is 0 Å². The number of aliphatic carboxylic acids is 1. The van der Waals surface area contributed by atoms with Crippen LogP contribution in [0.4, 0.5) is 0 Å². The van der Waals surface area contributed by atoms with Crippen molar-refractivity contribution in [1.29, 1.82) is 0 Å². The number of hydrogen-bond acceptors (Lipinski definition) is 2. The lowest BCUT2D eigenvalue weighted by atomic mass is 9.86. The Labute approximate surface area is 95.4 Å². The predicted molar refractivity (Wildman–Crippen MR) is 58.9 cm³/mol. The largest absolute Gasteiger partial charge is 0.480 e. The van der Waals surface area contributed by atoms with Gasteiger partial charge < -0.3 is 10.4 Å². The molecular formula is C12H19NO3. The van der Waals surface area contributed by atoms with E-state index in [4.69, 9.17) is 5.11 Å². The molecule has 0 aliphatic heterocycles. The summed E-state index contributed by atoms with van der Waals surface area (Å²) in [6.45, 7) is 2.18. The molecule has 4 nitrogen and oxygen atoms in total. The fourth-order valence-electron chi connectivity index (χ4n) is 2.55. The summed E-state index contributed by atoms with van der Waals surface area (Å²) in [6, 6.07) is 0.188. The van der Waals surface area contributed by atoms with Gasteiger partial charge in [-0.15, -0.1) is 0 Å². The molecule has 2 saturated carbocycles. The first-order chi connectivity index (χ1) is 7.54. The second-order valence-corrected chi connectivity index (χ2v) is 5.33. The van der Waals surface area contributed by atoms with Crippen LogP contribution in [0.25, 0.3) is 0 Å². The van der Waals surface area contributed by atoms with Crippen LogP contribution in [0.2, 0.25) is 0 Å². The van der Waals surface area contributed by atoms with E-state index in [0.29, 0.717) is 18.8 Å². The first kappa shape index (κ1) is 11.4. The van der Waals surface area contributed by atoms with Gasteiger partial charge in [0.15, 0.2) is 0 Å². The summed E-state index contributed by atoms with van der Waals surface area (Å²) in [5.74, 6) is -0.591. The maximum absolute atomic E-state index is 11.9. The lowest BCUT2D eigenvalue weighted by molar-refractivity contribution is -0.149. The minimum absolute atomic E-state index is 0.188. The molecule has 0 bridgehead atoms. The van der Waals surface area contributed by atoms with Crippen molar-refractivity contribution < 1.29 is 14.7 Å². The molecule has 0 aromatic heterocycles. The van der Waals surface area contributed by atoms with E-state index in [1.165, 1.54) is 6.42 Å². The zero-order valence-corrected chi connectivity index (χ0v) is 9.66. The van der Waals surface area contributed by atoms with E-state index < -0.39 is 11.4 Å². The van der Waals surface area contributed by atoms with E-state index in [1.807, 2.05) is 0 Å². The molecule has 2 N–H and O–H groups in total. The van der Waals surface area contributed by atoms with Crippen LogP contribution in [0.15, 0.2) is 0 Å². The summed E-state index contributed by atoms with van der Waals surface area (Å²) >= 11 is 0. The molecule has 0 radical (unpaired) electrons. The highest BCUT2D eigenvalue weighted by molar-refractivity contribution is 6.04. The molecule has 2 aliphatic carbocycles. The lowest BCUT2D eigenvalue weighted by Gasteiger charge is -2.28. The molecule has 0 aromatic carbocycles. The summed E-state index contributed by atoms with van der Waals surface area (Å²) in [5, 5.41) is 11.9. The van der Waals surface area contributed by atoms with E-state index in [1.54, 1.807) is 0 Å². The number of carbonyl (C=O) groups is 2. The van der Waals surface area contributed by atoms with E-state index in [9.17, 15) is 9.59 Å². The van der Waals surface area contributed by atoms with Gasteiger partial charge >= 0.3 is 5.97 Å². The standard InChI is InChI=1S/C12H19NO3/c1-8-3-2-4-9(7-8)13-10(14)12(5-6-12)11(15)16/h8-9H,2-7H2,1H3,(H,13,14)(H,15,16). The molecule has 0 heterocycles. The summed E-state index contributed by atoms with van der Waals surface area (Å²) in [4.78, 5) is 22.8. The topological polar surface area (TPSA) is 66.4 Å². The zero-order valence-electron chi connectivity index (χ0n) is 9.66. The van der Waals surface area contributed by atoms with Gasteiger partial charge in [-0.3, -0.25) is 9.59 Å². The van der Waals surface area contributed by atoms with Crippen LogP contribution < -0.4 is 5.32 Å². The second-order valence-electron chi connectivity index (χ2n) is 5.33. The number of hydrogen-bond donors (Lipinski definition) is 2. The van der Waals surface area contributed by atoms with Crippen LogP contribution in [0.5, 0.6) is 0 Å². The van der Waals surface area contributed by atoms with Gasteiger partial charge in [0.05, 0.1) is 0 Å². The first-order valence-electron chi connectivity index (χ1n) is 6.09. The Kier molecular flexibility index (Phi) is 2.91. The highest BCUT2D eigenvalue weighted by Gasteiger charge is 2.57. The Morgan fingerprint density at radius 3 is 2.50 bits per heavy atom. The molecule has 0 aromatic rings. The predicted octanol–water partition coefficient (Wildman–Crippen LogP) is 1.55. The second kappa shape index (κ2) is 4.07. The van der Waals surface area contributed by atoms with Gasteiger partial charge in [-0.05, 0) is 31.6 Å². The minimum atomic E-state index is -1.08. The third kappa shape index (κ3) is 2.06. The van der Waals surface area contributed by atoms with Crippen molar-refractivity contribution in [2.24, 2.45) is 11.3 Å². The average molecular weight is 225 g/mol. The molecule has 1 amide bonds. The molecular weight excluding hydrogens is 206 g/mol. The number of nitrogens with one attached hydrogen (secondary N) is 1.